The summed E-state index contributed by atoms with van der Waals surface area (Å²) in [7, 11) is 3.60. The third-order valence-electron chi connectivity index (χ3n) is 6.19. The van der Waals surface area contributed by atoms with Crippen LogP contribution in [0.25, 0.3) is 0 Å². The van der Waals surface area contributed by atoms with Gasteiger partial charge in [-0.1, -0.05) is 42.5 Å². The SMILES string of the molecule is C=C/C(=C\C=C/C)Cn1nc2c(c1Cl)CCN(C1CCc3c(cnn3C)N(C)C1=O)C2=O. The van der Waals surface area contributed by atoms with Crippen LogP contribution in [0.4, 0.5) is 5.69 Å². The molecule has 0 saturated carbocycles. The molecule has 0 fully saturated rings. The van der Waals surface area contributed by atoms with E-state index in [0.717, 1.165) is 22.5 Å². The number of anilines is 1. The maximum atomic E-state index is 13.4. The highest BCUT2D eigenvalue weighted by Crippen LogP contribution is 2.32. The van der Waals surface area contributed by atoms with Gasteiger partial charge in [0, 0.05) is 26.2 Å². The zero-order chi connectivity index (χ0) is 23.0. The number of aryl methyl sites for hydroxylation is 1. The van der Waals surface area contributed by atoms with Crippen molar-refractivity contribution in [2.24, 2.45) is 7.05 Å². The molecule has 4 rings (SSSR count). The van der Waals surface area contributed by atoms with E-state index >= 15 is 0 Å². The summed E-state index contributed by atoms with van der Waals surface area (Å²) in [6.07, 6.45) is 11.0. The van der Waals surface area contributed by atoms with Crippen LogP contribution in [0.15, 0.2) is 42.7 Å². The second-order valence-corrected chi connectivity index (χ2v) is 8.41. The molecule has 2 amide bonds. The number of nitrogens with zero attached hydrogens (tertiary/aromatic N) is 6. The van der Waals surface area contributed by atoms with Crippen LogP contribution in [0.5, 0.6) is 0 Å². The molecule has 2 aliphatic heterocycles. The van der Waals surface area contributed by atoms with Gasteiger partial charge >= 0.3 is 0 Å². The van der Waals surface area contributed by atoms with Gasteiger partial charge < -0.3 is 9.80 Å². The van der Waals surface area contributed by atoms with E-state index in [-0.39, 0.29) is 11.8 Å². The first kappa shape index (κ1) is 22.1. The zero-order valence-electron chi connectivity index (χ0n) is 18.6. The zero-order valence-corrected chi connectivity index (χ0v) is 19.3. The molecule has 0 aromatic carbocycles. The number of allylic oxidation sites excluding steroid dienone is 5. The Labute approximate surface area is 192 Å². The second kappa shape index (κ2) is 8.78. The number of fused-ring (bicyclic) bond motifs is 2. The maximum Gasteiger partial charge on any atom is 0.275 e. The number of hydrogen-bond acceptors (Lipinski definition) is 4. The molecular formula is C23H27ClN6O2. The smallest absolute Gasteiger partial charge is 0.275 e. The molecule has 4 heterocycles. The minimum absolute atomic E-state index is 0.109. The minimum atomic E-state index is -0.546. The fourth-order valence-electron chi connectivity index (χ4n) is 4.37. The van der Waals surface area contributed by atoms with Gasteiger partial charge in [-0.3, -0.25) is 14.3 Å². The molecule has 32 heavy (non-hydrogen) atoms. The van der Waals surface area contributed by atoms with Gasteiger partial charge in [-0.15, -0.1) is 0 Å². The van der Waals surface area contributed by atoms with E-state index in [2.05, 4.69) is 16.8 Å². The van der Waals surface area contributed by atoms with Gasteiger partial charge in [0.15, 0.2) is 5.69 Å². The van der Waals surface area contributed by atoms with Gasteiger partial charge in [0.2, 0.25) is 5.91 Å². The molecule has 1 atom stereocenters. The van der Waals surface area contributed by atoms with Crippen molar-refractivity contribution in [3.63, 3.8) is 0 Å². The predicted molar refractivity (Wildman–Crippen MR) is 124 cm³/mol. The topological polar surface area (TPSA) is 76.3 Å². The lowest BCUT2D eigenvalue weighted by Crippen LogP contribution is -2.52. The lowest BCUT2D eigenvalue weighted by Gasteiger charge is -2.33. The Morgan fingerprint density at radius 1 is 1.31 bits per heavy atom. The monoisotopic (exact) mass is 454 g/mol. The number of aromatic nitrogens is 4. The number of halogens is 1. The van der Waals surface area contributed by atoms with Crippen LogP contribution < -0.4 is 4.90 Å². The maximum absolute atomic E-state index is 13.4. The number of hydrogen-bond donors (Lipinski definition) is 0. The standard InChI is InChI=1S/C23H27ClN6O2/c1-5-7-8-15(6-2)14-30-21(24)16-11-12-29(23(32)20(16)26-30)18-10-9-17-19(13-25-28(17)4)27(3)22(18)31/h5-8,13,18H,2,9-12,14H2,1,3-4H3/b7-5-,15-8+. The van der Waals surface area contributed by atoms with Gasteiger partial charge in [0.25, 0.3) is 5.91 Å². The number of likely N-dealkylation sites (N-methyl/N-ethyl adjacent to an activating group) is 1. The fraction of sp³-hybridized carbons (Fsp3) is 0.391. The molecule has 2 aliphatic rings. The first-order valence-corrected chi connectivity index (χ1v) is 11.0. The Kier molecular flexibility index (Phi) is 6.06. The van der Waals surface area contributed by atoms with Crippen LogP contribution in [-0.4, -0.2) is 55.9 Å². The highest BCUT2D eigenvalue weighted by molar-refractivity contribution is 6.31. The lowest BCUT2D eigenvalue weighted by atomic mass is 10.0. The summed E-state index contributed by atoms with van der Waals surface area (Å²) in [6.45, 7) is 6.63. The van der Waals surface area contributed by atoms with E-state index in [0.29, 0.717) is 43.2 Å². The highest BCUT2D eigenvalue weighted by atomic mass is 35.5. The Balaban J connectivity index is 1.60. The van der Waals surface area contributed by atoms with Gasteiger partial charge in [0.1, 0.15) is 11.2 Å². The quantitative estimate of drug-likeness (QED) is 0.651. The normalized spacial score (nSPS) is 19.4. The molecular weight excluding hydrogens is 428 g/mol. The van der Waals surface area contributed by atoms with E-state index in [4.69, 9.17) is 11.6 Å². The van der Waals surface area contributed by atoms with Crippen molar-refractivity contribution in [1.82, 2.24) is 24.5 Å². The summed E-state index contributed by atoms with van der Waals surface area (Å²) >= 11 is 6.58. The summed E-state index contributed by atoms with van der Waals surface area (Å²) in [5.41, 5.74) is 3.79. The summed E-state index contributed by atoms with van der Waals surface area (Å²) in [6, 6.07) is -0.546. The summed E-state index contributed by atoms with van der Waals surface area (Å²) in [5, 5.41) is 9.25. The van der Waals surface area contributed by atoms with E-state index in [1.807, 2.05) is 32.2 Å². The first-order valence-electron chi connectivity index (χ1n) is 10.7. The van der Waals surface area contributed by atoms with Crippen molar-refractivity contribution in [2.75, 3.05) is 18.5 Å². The number of rotatable bonds is 5. The van der Waals surface area contributed by atoms with Crippen molar-refractivity contribution in [1.29, 1.82) is 0 Å². The van der Waals surface area contributed by atoms with Crippen molar-refractivity contribution >= 4 is 29.1 Å². The molecule has 8 nitrogen and oxygen atoms in total. The molecule has 9 heteroatoms. The molecule has 2 aromatic heterocycles. The summed E-state index contributed by atoms with van der Waals surface area (Å²) < 4.78 is 3.42. The van der Waals surface area contributed by atoms with E-state index < -0.39 is 6.04 Å². The number of carbonyl (C=O) groups excluding carboxylic acids is 2. The van der Waals surface area contributed by atoms with Crippen LogP contribution in [0, 0.1) is 0 Å². The van der Waals surface area contributed by atoms with Crippen LogP contribution in [0.2, 0.25) is 5.15 Å². The molecule has 0 radical (unpaired) electrons. The van der Waals surface area contributed by atoms with Gasteiger partial charge in [0.05, 0.1) is 24.1 Å². The Bertz CT molecular complexity index is 1140. The fourth-order valence-corrected chi connectivity index (χ4v) is 4.65. The molecule has 0 spiro atoms. The third-order valence-corrected chi connectivity index (χ3v) is 6.62. The molecule has 0 N–H and O–H groups in total. The molecule has 2 aromatic rings. The molecule has 1 unspecified atom stereocenters. The minimum Gasteiger partial charge on any atom is -0.325 e. The third kappa shape index (κ3) is 3.68. The Hall–Kier alpha value is -3.13. The Morgan fingerprint density at radius 2 is 2.09 bits per heavy atom. The number of amides is 2. The summed E-state index contributed by atoms with van der Waals surface area (Å²) in [5.74, 6) is -0.359. The molecule has 168 valence electrons. The lowest BCUT2D eigenvalue weighted by molar-refractivity contribution is -0.122. The Morgan fingerprint density at radius 3 is 2.81 bits per heavy atom. The van der Waals surface area contributed by atoms with Crippen LogP contribution >= 0.6 is 11.6 Å². The largest absolute Gasteiger partial charge is 0.325 e. The van der Waals surface area contributed by atoms with Crippen molar-refractivity contribution in [3.8, 4) is 0 Å². The van der Waals surface area contributed by atoms with Crippen LogP contribution in [0.3, 0.4) is 0 Å². The van der Waals surface area contributed by atoms with Gasteiger partial charge in [-0.05, 0) is 31.8 Å². The molecule has 0 bridgehead atoms. The van der Waals surface area contributed by atoms with Crippen LogP contribution in [-0.2, 0) is 31.2 Å². The van der Waals surface area contributed by atoms with Crippen molar-refractivity contribution in [3.05, 3.63) is 64.8 Å². The van der Waals surface area contributed by atoms with Crippen LogP contribution in [0.1, 0.15) is 35.1 Å². The number of carbonyl (C=O) groups is 2. The average molecular weight is 455 g/mol. The van der Waals surface area contributed by atoms with Gasteiger partial charge in [-0.25, -0.2) is 4.68 Å². The van der Waals surface area contributed by atoms with Crippen molar-refractivity contribution < 1.29 is 9.59 Å². The molecule has 0 saturated heterocycles. The summed E-state index contributed by atoms with van der Waals surface area (Å²) in [4.78, 5) is 29.9. The molecule has 0 aliphatic carbocycles. The second-order valence-electron chi connectivity index (χ2n) is 8.05. The van der Waals surface area contributed by atoms with Crippen molar-refractivity contribution in [2.45, 2.75) is 38.8 Å². The predicted octanol–water partition coefficient (Wildman–Crippen LogP) is 2.93. The highest BCUT2D eigenvalue weighted by Gasteiger charge is 2.40. The van der Waals surface area contributed by atoms with E-state index in [9.17, 15) is 9.59 Å². The van der Waals surface area contributed by atoms with E-state index in [1.165, 1.54) is 0 Å². The van der Waals surface area contributed by atoms with Gasteiger partial charge in [-0.2, -0.15) is 10.2 Å². The van der Waals surface area contributed by atoms with E-state index in [1.54, 1.807) is 38.5 Å². The first-order chi connectivity index (χ1) is 15.4. The average Bonchev–Trinajstić information content (AvgIpc) is 3.28.